The maximum atomic E-state index is 4.37. The fraction of sp³-hybridized carbons (Fsp3) is 0.200. The van der Waals surface area contributed by atoms with Crippen LogP contribution in [0.25, 0.3) is 0 Å². The van der Waals surface area contributed by atoms with Crippen LogP contribution < -0.4 is 10.6 Å². The van der Waals surface area contributed by atoms with E-state index in [1.54, 1.807) is 6.08 Å². The fourth-order valence-electron chi connectivity index (χ4n) is 1.68. The molecule has 4 heteroatoms. The van der Waals surface area contributed by atoms with Gasteiger partial charge in [0.2, 0.25) is 0 Å². The highest BCUT2D eigenvalue weighted by Gasteiger charge is 2.01. The summed E-state index contributed by atoms with van der Waals surface area (Å²) in [6.07, 6.45) is 1.80. The Bertz CT molecular complexity index is 561. The highest BCUT2D eigenvalue weighted by atomic mass is 15.1. The van der Waals surface area contributed by atoms with E-state index in [9.17, 15) is 0 Å². The summed E-state index contributed by atoms with van der Waals surface area (Å²) in [5.74, 6) is 2.30. The van der Waals surface area contributed by atoms with Gasteiger partial charge in [-0.05, 0) is 26.0 Å². The number of benzene rings is 1. The molecule has 0 aliphatic carbocycles. The average molecular weight is 254 g/mol. The van der Waals surface area contributed by atoms with Gasteiger partial charge in [0.25, 0.3) is 0 Å². The van der Waals surface area contributed by atoms with Crippen molar-refractivity contribution in [3.05, 3.63) is 54.4 Å². The minimum Gasteiger partial charge on any atom is -0.366 e. The molecule has 1 aromatic heterocycles. The molecule has 4 nitrogen and oxygen atoms in total. The topological polar surface area (TPSA) is 49.8 Å². The summed E-state index contributed by atoms with van der Waals surface area (Å²) in [6.45, 7) is 8.30. The van der Waals surface area contributed by atoms with Crippen LogP contribution in [-0.2, 0) is 0 Å². The minimum absolute atomic E-state index is 0.681. The third-order valence-electron chi connectivity index (χ3n) is 2.59. The molecule has 1 heterocycles. The Morgan fingerprint density at radius 1 is 1.11 bits per heavy atom. The van der Waals surface area contributed by atoms with Crippen molar-refractivity contribution >= 4 is 17.3 Å². The lowest BCUT2D eigenvalue weighted by atomic mass is 10.2. The Hall–Kier alpha value is -2.36. The van der Waals surface area contributed by atoms with E-state index in [-0.39, 0.29) is 0 Å². The second kappa shape index (κ2) is 6.00. The van der Waals surface area contributed by atoms with Gasteiger partial charge in [-0.2, -0.15) is 0 Å². The van der Waals surface area contributed by atoms with Crippen LogP contribution in [0, 0.1) is 13.8 Å². The summed E-state index contributed by atoms with van der Waals surface area (Å²) in [7, 11) is 0. The molecular weight excluding hydrogens is 236 g/mol. The molecule has 0 unspecified atom stereocenters. The van der Waals surface area contributed by atoms with Crippen molar-refractivity contribution in [3.8, 4) is 0 Å². The number of hydrogen-bond donors (Lipinski definition) is 2. The molecule has 2 aromatic rings. The van der Waals surface area contributed by atoms with E-state index < -0.39 is 0 Å². The Balaban J connectivity index is 2.17. The van der Waals surface area contributed by atoms with Crippen molar-refractivity contribution in [3.63, 3.8) is 0 Å². The second-order valence-electron chi connectivity index (χ2n) is 4.35. The maximum absolute atomic E-state index is 4.37. The van der Waals surface area contributed by atoms with E-state index in [1.165, 1.54) is 5.56 Å². The SMILES string of the molecule is C=CCNc1cc(Nc2ccc(C)cc2)nc(C)n1. The van der Waals surface area contributed by atoms with Crippen LogP contribution in [0.15, 0.2) is 43.0 Å². The number of aryl methyl sites for hydroxylation is 2. The van der Waals surface area contributed by atoms with Gasteiger partial charge in [0.15, 0.2) is 0 Å². The lowest BCUT2D eigenvalue weighted by Crippen LogP contribution is -2.04. The average Bonchev–Trinajstić information content (AvgIpc) is 2.38. The highest BCUT2D eigenvalue weighted by Crippen LogP contribution is 2.17. The highest BCUT2D eigenvalue weighted by molar-refractivity contribution is 5.59. The molecule has 1 aromatic carbocycles. The minimum atomic E-state index is 0.681. The monoisotopic (exact) mass is 254 g/mol. The molecule has 0 saturated carbocycles. The third kappa shape index (κ3) is 3.81. The van der Waals surface area contributed by atoms with Gasteiger partial charge in [0.05, 0.1) is 0 Å². The van der Waals surface area contributed by atoms with E-state index >= 15 is 0 Å². The zero-order valence-electron chi connectivity index (χ0n) is 11.3. The normalized spacial score (nSPS) is 10.0. The van der Waals surface area contributed by atoms with E-state index in [0.717, 1.165) is 23.1 Å². The van der Waals surface area contributed by atoms with E-state index in [2.05, 4.69) is 46.2 Å². The molecule has 0 radical (unpaired) electrons. The Labute approximate surface area is 113 Å². The van der Waals surface area contributed by atoms with Crippen LogP contribution >= 0.6 is 0 Å². The van der Waals surface area contributed by atoms with Crippen molar-refractivity contribution in [1.82, 2.24) is 9.97 Å². The van der Waals surface area contributed by atoms with Gasteiger partial charge in [-0.25, -0.2) is 9.97 Å². The molecule has 0 spiro atoms. The molecule has 0 fully saturated rings. The van der Waals surface area contributed by atoms with Crippen LogP contribution in [0.4, 0.5) is 17.3 Å². The van der Waals surface area contributed by atoms with E-state index in [1.807, 2.05) is 25.1 Å². The number of aromatic nitrogens is 2. The summed E-state index contributed by atoms with van der Waals surface area (Å²) < 4.78 is 0. The van der Waals surface area contributed by atoms with Gasteiger partial charge < -0.3 is 10.6 Å². The molecule has 0 atom stereocenters. The Morgan fingerprint density at radius 2 is 1.79 bits per heavy atom. The number of hydrogen-bond acceptors (Lipinski definition) is 4. The molecule has 0 bridgehead atoms. The Kier molecular flexibility index (Phi) is 4.13. The molecular formula is C15H18N4. The molecule has 2 N–H and O–H groups in total. The molecule has 0 amide bonds. The van der Waals surface area contributed by atoms with Gasteiger partial charge in [-0.1, -0.05) is 23.8 Å². The molecule has 0 aliphatic rings. The summed E-state index contributed by atoms with van der Waals surface area (Å²) >= 11 is 0. The fourth-order valence-corrected chi connectivity index (χ4v) is 1.68. The number of rotatable bonds is 5. The lowest BCUT2D eigenvalue weighted by molar-refractivity contribution is 1.05. The number of nitrogens with zero attached hydrogens (tertiary/aromatic N) is 2. The molecule has 2 rings (SSSR count). The largest absolute Gasteiger partial charge is 0.366 e. The van der Waals surface area contributed by atoms with Gasteiger partial charge in [0.1, 0.15) is 17.5 Å². The molecule has 0 aliphatic heterocycles. The van der Waals surface area contributed by atoms with Crippen LogP contribution in [0.1, 0.15) is 11.4 Å². The van der Waals surface area contributed by atoms with Gasteiger partial charge >= 0.3 is 0 Å². The molecule has 98 valence electrons. The van der Waals surface area contributed by atoms with Crippen molar-refractivity contribution in [1.29, 1.82) is 0 Å². The third-order valence-corrected chi connectivity index (χ3v) is 2.59. The first-order valence-electron chi connectivity index (χ1n) is 6.21. The number of nitrogens with one attached hydrogen (secondary N) is 2. The predicted molar refractivity (Wildman–Crippen MR) is 79.9 cm³/mol. The Morgan fingerprint density at radius 3 is 2.47 bits per heavy atom. The summed E-state index contributed by atoms with van der Waals surface area (Å²) in [6, 6.07) is 10.1. The van der Waals surface area contributed by atoms with Gasteiger partial charge in [0, 0.05) is 18.3 Å². The van der Waals surface area contributed by atoms with Gasteiger partial charge in [-0.15, -0.1) is 6.58 Å². The first-order valence-corrected chi connectivity index (χ1v) is 6.21. The van der Waals surface area contributed by atoms with Crippen LogP contribution in [0.2, 0.25) is 0 Å². The van der Waals surface area contributed by atoms with Crippen LogP contribution in [-0.4, -0.2) is 16.5 Å². The second-order valence-corrected chi connectivity index (χ2v) is 4.35. The van der Waals surface area contributed by atoms with Crippen LogP contribution in [0.3, 0.4) is 0 Å². The van der Waals surface area contributed by atoms with Crippen molar-refractivity contribution in [2.45, 2.75) is 13.8 Å². The van der Waals surface area contributed by atoms with Crippen molar-refractivity contribution in [2.75, 3.05) is 17.2 Å². The predicted octanol–water partition coefficient (Wildman–Crippen LogP) is 3.43. The quantitative estimate of drug-likeness (QED) is 0.802. The first kappa shape index (κ1) is 13.1. The van der Waals surface area contributed by atoms with Crippen molar-refractivity contribution in [2.24, 2.45) is 0 Å². The zero-order valence-corrected chi connectivity index (χ0v) is 11.3. The molecule has 0 saturated heterocycles. The lowest BCUT2D eigenvalue weighted by Gasteiger charge is -2.09. The van der Waals surface area contributed by atoms with Crippen LogP contribution in [0.5, 0.6) is 0 Å². The van der Waals surface area contributed by atoms with Gasteiger partial charge in [-0.3, -0.25) is 0 Å². The maximum Gasteiger partial charge on any atom is 0.136 e. The van der Waals surface area contributed by atoms with Crippen molar-refractivity contribution < 1.29 is 0 Å². The summed E-state index contributed by atoms with van der Waals surface area (Å²) in [4.78, 5) is 8.69. The van der Waals surface area contributed by atoms with E-state index in [4.69, 9.17) is 0 Å². The standard InChI is InChI=1S/C15H18N4/c1-4-9-16-14-10-15(18-12(3)17-14)19-13-7-5-11(2)6-8-13/h4-8,10H,1,9H2,2-3H3,(H2,16,17,18,19). The first-order chi connectivity index (χ1) is 9.17. The summed E-state index contributed by atoms with van der Waals surface area (Å²) in [5.41, 5.74) is 2.25. The molecule has 19 heavy (non-hydrogen) atoms. The zero-order chi connectivity index (χ0) is 13.7. The van der Waals surface area contributed by atoms with E-state index in [0.29, 0.717) is 6.54 Å². The summed E-state index contributed by atoms with van der Waals surface area (Å²) in [5, 5.41) is 6.43. The smallest absolute Gasteiger partial charge is 0.136 e. The number of anilines is 3.